The molecule has 14 atom stereocenters. The van der Waals surface area contributed by atoms with Gasteiger partial charge in [0.15, 0.2) is 24.1 Å². The van der Waals surface area contributed by atoms with Crippen LogP contribution in [0.25, 0.3) is 0 Å². The number of aromatic hydroxyl groups is 2. The van der Waals surface area contributed by atoms with E-state index in [1.165, 1.54) is 19.1 Å². The maximum atomic E-state index is 11.5. The van der Waals surface area contributed by atoms with Gasteiger partial charge in [-0.3, -0.25) is 9.45 Å². The average molecular weight is 702 g/mol. The van der Waals surface area contributed by atoms with Crippen LogP contribution < -0.4 is 0 Å². The lowest BCUT2D eigenvalue weighted by molar-refractivity contribution is -0.354. The summed E-state index contributed by atoms with van der Waals surface area (Å²) in [6.45, 7) is -0.143. The van der Waals surface area contributed by atoms with Crippen LogP contribution in [0.3, 0.4) is 0 Å². The van der Waals surface area contributed by atoms with Crippen LogP contribution in [0.4, 0.5) is 0 Å². The number of ether oxygens (including phenoxy) is 4. The second-order valence-electron chi connectivity index (χ2n) is 11.8. The van der Waals surface area contributed by atoms with Gasteiger partial charge in [0.05, 0.1) is 31.5 Å². The molecule has 0 spiro atoms. The molecule has 20 heteroatoms. The highest BCUT2D eigenvalue weighted by Crippen LogP contribution is 2.34. The molecular formula is C27H43NO18S. The normalized spacial score (nSPS) is 40.4. The molecule has 11 N–H and O–H groups in total. The van der Waals surface area contributed by atoms with E-state index in [1.807, 2.05) is 0 Å². The highest BCUT2D eigenvalue weighted by Gasteiger charge is 2.53. The molecule has 270 valence electrons. The van der Waals surface area contributed by atoms with Gasteiger partial charge < -0.3 is 70.0 Å². The summed E-state index contributed by atoms with van der Waals surface area (Å²) in [5.74, 6) is -0.611. The molecule has 3 aliphatic heterocycles. The smallest absolute Gasteiger partial charge is 0.397 e. The highest BCUT2D eigenvalue weighted by atomic mass is 32.3. The van der Waals surface area contributed by atoms with E-state index in [1.54, 1.807) is 11.0 Å². The zero-order chi connectivity index (χ0) is 34.8. The van der Waals surface area contributed by atoms with Crippen LogP contribution in [0.15, 0.2) is 18.2 Å². The van der Waals surface area contributed by atoms with Gasteiger partial charge in [-0.15, -0.1) is 0 Å². The Bertz CT molecular complexity index is 1270. The zero-order valence-corrected chi connectivity index (χ0v) is 26.0. The number of phenolic OH excluding ortho intramolecular Hbond substituents is 2. The predicted molar refractivity (Wildman–Crippen MR) is 153 cm³/mol. The quantitative estimate of drug-likeness (QED) is 0.0720. The highest BCUT2D eigenvalue weighted by molar-refractivity contribution is 7.80. The number of β-amino-alcohol motifs (C(OH)–C–C–N with tert-alkyl or cyclic N) is 1. The molecule has 3 fully saturated rings. The van der Waals surface area contributed by atoms with Crippen LogP contribution >= 0.6 is 0 Å². The second kappa shape index (κ2) is 15.8. The first-order chi connectivity index (χ1) is 22.1. The molecule has 47 heavy (non-hydrogen) atoms. The lowest BCUT2D eigenvalue weighted by Crippen LogP contribution is -2.68. The van der Waals surface area contributed by atoms with Gasteiger partial charge in [0.25, 0.3) is 0 Å². The number of benzene rings is 1. The monoisotopic (exact) mass is 701 g/mol. The number of rotatable bonds is 12. The van der Waals surface area contributed by atoms with Crippen molar-refractivity contribution in [2.45, 2.75) is 106 Å². The van der Waals surface area contributed by atoms with E-state index < -0.39 is 109 Å². The molecule has 19 nitrogen and oxygen atoms in total. The molecule has 3 heterocycles. The first-order valence-electron chi connectivity index (χ1n) is 14.9. The van der Waals surface area contributed by atoms with Crippen LogP contribution in [-0.2, 0) is 40.0 Å². The van der Waals surface area contributed by atoms with Crippen LogP contribution in [0.1, 0.15) is 18.9 Å². The summed E-state index contributed by atoms with van der Waals surface area (Å²) in [5, 5.41) is 103. The van der Waals surface area contributed by atoms with Crippen molar-refractivity contribution in [1.82, 2.24) is 4.90 Å². The Kier molecular flexibility index (Phi) is 12.8. The van der Waals surface area contributed by atoms with Gasteiger partial charge in [0.1, 0.15) is 54.9 Å². The van der Waals surface area contributed by atoms with Crippen molar-refractivity contribution in [1.29, 1.82) is 0 Å². The Morgan fingerprint density at radius 1 is 0.830 bits per heavy atom. The average Bonchev–Trinajstić information content (AvgIpc) is 3.01. The van der Waals surface area contributed by atoms with Gasteiger partial charge in [0, 0.05) is 6.54 Å². The third kappa shape index (κ3) is 8.86. The Morgan fingerprint density at radius 2 is 1.49 bits per heavy atom. The summed E-state index contributed by atoms with van der Waals surface area (Å²) >= 11 is 0. The van der Waals surface area contributed by atoms with E-state index in [0.717, 1.165) is 0 Å². The molecule has 4 rings (SSSR count). The third-order valence-electron chi connectivity index (χ3n) is 8.56. The number of piperidine rings is 1. The number of hydrogen-bond donors (Lipinski definition) is 11. The minimum Gasteiger partial charge on any atom is -0.504 e. The minimum atomic E-state index is -5.24. The summed E-state index contributed by atoms with van der Waals surface area (Å²) in [6.07, 6.45) is -21.1. The predicted octanol–water partition coefficient (Wildman–Crippen LogP) is -4.71. The lowest BCUT2D eigenvalue weighted by atomic mass is 9.92. The molecule has 3 aliphatic rings. The van der Waals surface area contributed by atoms with Gasteiger partial charge in [0.2, 0.25) is 0 Å². The van der Waals surface area contributed by atoms with Crippen molar-refractivity contribution < 1.29 is 87.2 Å². The Morgan fingerprint density at radius 3 is 2.11 bits per heavy atom. The number of aliphatic hydroxyl groups is 8. The van der Waals surface area contributed by atoms with Gasteiger partial charge in [-0.1, -0.05) is 6.07 Å². The molecule has 1 aromatic rings. The molecule has 0 amide bonds. The van der Waals surface area contributed by atoms with Crippen molar-refractivity contribution in [3.63, 3.8) is 0 Å². The Hall–Kier alpha value is -1.83. The number of aliphatic hydroxyl groups excluding tert-OH is 8. The maximum Gasteiger partial charge on any atom is 0.397 e. The van der Waals surface area contributed by atoms with E-state index in [-0.39, 0.29) is 24.6 Å². The van der Waals surface area contributed by atoms with Crippen molar-refractivity contribution in [2.75, 3.05) is 26.3 Å². The molecule has 0 radical (unpaired) electrons. The van der Waals surface area contributed by atoms with E-state index in [4.69, 9.17) is 18.9 Å². The van der Waals surface area contributed by atoms with Gasteiger partial charge in [-0.25, -0.2) is 4.18 Å². The van der Waals surface area contributed by atoms with Crippen molar-refractivity contribution in [3.05, 3.63) is 23.8 Å². The van der Waals surface area contributed by atoms with Gasteiger partial charge >= 0.3 is 10.4 Å². The topological polar surface area (TPSA) is 306 Å². The number of phenols is 2. The largest absolute Gasteiger partial charge is 0.504 e. The second-order valence-corrected chi connectivity index (χ2v) is 12.9. The fourth-order valence-electron chi connectivity index (χ4n) is 6.00. The summed E-state index contributed by atoms with van der Waals surface area (Å²) in [6, 6.07) is 3.23. The molecule has 0 unspecified atom stereocenters. The summed E-state index contributed by atoms with van der Waals surface area (Å²) < 4.78 is 59.4. The standard InChI is InChI=1S/C27H43NO18S/c1-11-18(34)20(36)21(37)26(42-11)45-24-16(33)8-28(6-2-3-12-4-5-14(31)15(32)7-12)13(9-29)23(24)44-27-22(38)25(46-47(39,40)41)19(35)17(10-30)43-27/h4-5,7,11,13,16-27,29-38H,2-3,6,8-10H2,1H3,(H,39,40,41)/t11-,13+,16-,17+,18+,19-,20+,21-,22+,23+,24+,25-,26-,27-/m0/s1. The van der Waals surface area contributed by atoms with E-state index in [9.17, 15) is 64.0 Å². The summed E-state index contributed by atoms with van der Waals surface area (Å²) in [7, 11) is -5.24. The fourth-order valence-corrected chi connectivity index (χ4v) is 6.51. The third-order valence-corrected chi connectivity index (χ3v) is 9.02. The van der Waals surface area contributed by atoms with Crippen LogP contribution in [-0.4, -0.2) is 181 Å². The van der Waals surface area contributed by atoms with Crippen molar-refractivity contribution in [2.24, 2.45) is 0 Å². The minimum absolute atomic E-state index is 0.152. The SMILES string of the molecule is C[C@@H]1O[C@@H](O[C@H]2[C@H](O[C@@H]3O[C@H](CO)[C@H](O)[C@H](OS(=O)(=O)O)[C@H]3O)[C@@H](CO)N(CCCc3ccc(O)c(O)c3)C[C@@H]2O)[C@@H](O)[C@H](O)[C@@H]1O. The molecule has 3 saturated heterocycles. The Labute approximate surface area is 269 Å². The van der Waals surface area contributed by atoms with Crippen molar-refractivity contribution >= 4 is 10.4 Å². The summed E-state index contributed by atoms with van der Waals surface area (Å²) in [5.41, 5.74) is 0.669. The molecular weight excluding hydrogens is 658 g/mol. The maximum absolute atomic E-state index is 11.5. The van der Waals surface area contributed by atoms with Gasteiger partial charge in [-0.2, -0.15) is 8.42 Å². The Balaban J connectivity index is 1.61. The van der Waals surface area contributed by atoms with E-state index in [2.05, 4.69) is 4.18 Å². The zero-order valence-electron chi connectivity index (χ0n) is 25.2. The van der Waals surface area contributed by atoms with E-state index >= 15 is 0 Å². The van der Waals surface area contributed by atoms with Crippen molar-refractivity contribution in [3.8, 4) is 11.5 Å². The number of nitrogens with zero attached hydrogens (tertiary/aromatic N) is 1. The summed E-state index contributed by atoms with van der Waals surface area (Å²) in [4.78, 5) is 1.61. The fraction of sp³-hybridized carbons (Fsp3) is 0.778. The molecule has 0 aromatic heterocycles. The van der Waals surface area contributed by atoms with Crippen LogP contribution in [0.5, 0.6) is 11.5 Å². The van der Waals surface area contributed by atoms with E-state index in [0.29, 0.717) is 18.4 Å². The lowest BCUT2D eigenvalue weighted by Gasteiger charge is -2.50. The molecule has 1 aromatic carbocycles. The van der Waals surface area contributed by atoms with Gasteiger partial charge in [-0.05, 0) is 44.0 Å². The number of hydrogen-bond acceptors (Lipinski definition) is 18. The first-order valence-corrected chi connectivity index (χ1v) is 16.2. The molecule has 0 aliphatic carbocycles. The first kappa shape index (κ1) is 38.0. The number of aryl methyl sites for hydroxylation is 1. The number of likely N-dealkylation sites (tertiary alicyclic amines) is 1. The molecule has 0 bridgehead atoms. The van der Waals surface area contributed by atoms with Crippen LogP contribution in [0.2, 0.25) is 0 Å². The molecule has 0 saturated carbocycles. The van der Waals surface area contributed by atoms with Crippen LogP contribution in [0, 0.1) is 0 Å².